The first-order valence-electron chi connectivity index (χ1n) is 6.93. The Morgan fingerprint density at radius 2 is 2.10 bits per heavy atom. The zero-order chi connectivity index (χ0) is 15.5. The zero-order valence-electron chi connectivity index (χ0n) is 11.5. The van der Waals surface area contributed by atoms with E-state index in [1.165, 1.54) is 12.3 Å². The van der Waals surface area contributed by atoms with Gasteiger partial charge >= 0.3 is 6.18 Å². The molecule has 2 atom stereocenters. The van der Waals surface area contributed by atoms with Gasteiger partial charge in [0, 0.05) is 18.8 Å². The number of rotatable bonds is 4. The van der Waals surface area contributed by atoms with Crippen LogP contribution in [0, 0.1) is 5.92 Å². The number of nitrogens with one attached hydrogen (secondary N) is 1. The van der Waals surface area contributed by atoms with Gasteiger partial charge < -0.3 is 11.1 Å². The lowest BCUT2D eigenvalue weighted by Gasteiger charge is -2.30. The van der Waals surface area contributed by atoms with Gasteiger partial charge in [-0.25, -0.2) is 0 Å². The second kappa shape index (κ2) is 6.43. The molecule has 21 heavy (non-hydrogen) atoms. The Morgan fingerprint density at radius 1 is 1.38 bits per heavy atom. The third-order valence-electron chi connectivity index (χ3n) is 3.86. The summed E-state index contributed by atoms with van der Waals surface area (Å²) in [5.74, 6) is -0.721. The number of amides is 1. The topological polar surface area (TPSA) is 68.0 Å². The Balaban J connectivity index is 2.07. The fraction of sp³-hybridized carbons (Fsp3) is 0.571. The lowest BCUT2D eigenvalue weighted by molar-refractivity contribution is -0.138. The smallest absolute Gasteiger partial charge is 0.369 e. The fourth-order valence-corrected chi connectivity index (χ4v) is 2.78. The number of nitrogens with two attached hydrogens (primary N) is 1. The van der Waals surface area contributed by atoms with Crippen LogP contribution in [0.2, 0.25) is 0 Å². The Kier molecular flexibility index (Phi) is 4.82. The van der Waals surface area contributed by atoms with E-state index in [4.69, 9.17) is 5.73 Å². The van der Waals surface area contributed by atoms with Crippen LogP contribution in [0.25, 0.3) is 0 Å². The summed E-state index contributed by atoms with van der Waals surface area (Å²) in [4.78, 5) is 15.2. The van der Waals surface area contributed by atoms with Gasteiger partial charge in [-0.1, -0.05) is 12.8 Å². The van der Waals surface area contributed by atoms with E-state index in [1.54, 1.807) is 0 Å². The highest BCUT2D eigenvalue weighted by molar-refractivity contribution is 5.77. The van der Waals surface area contributed by atoms with Crippen LogP contribution < -0.4 is 11.1 Å². The van der Waals surface area contributed by atoms with Crippen LogP contribution >= 0.6 is 0 Å². The molecule has 1 aliphatic carbocycles. The van der Waals surface area contributed by atoms with E-state index in [9.17, 15) is 18.0 Å². The highest BCUT2D eigenvalue weighted by Gasteiger charge is 2.34. The number of alkyl halides is 3. The molecule has 2 rings (SSSR count). The van der Waals surface area contributed by atoms with Gasteiger partial charge in [0.1, 0.15) is 0 Å². The van der Waals surface area contributed by atoms with E-state index < -0.39 is 17.6 Å². The molecule has 0 bridgehead atoms. The number of pyridine rings is 1. The largest absolute Gasteiger partial charge is 0.418 e. The normalized spacial score (nSPS) is 23.0. The van der Waals surface area contributed by atoms with Crippen LogP contribution in [-0.2, 0) is 17.5 Å². The van der Waals surface area contributed by atoms with Crippen molar-refractivity contribution in [3.05, 3.63) is 29.6 Å². The van der Waals surface area contributed by atoms with Crippen molar-refractivity contribution in [2.45, 2.75) is 44.4 Å². The Morgan fingerprint density at radius 3 is 2.76 bits per heavy atom. The van der Waals surface area contributed by atoms with Crippen molar-refractivity contribution in [1.82, 2.24) is 10.3 Å². The highest BCUT2D eigenvalue weighted by atomic mass is 19.4. The summed E-state index contributed by atoms with van der Waals surface area (Å²) < 4.78 is 38.6. The molecule has 0 unspecified atom stereocenters. The van der Waals surface area contributed by atoms with Crippen molar-refractivity contribution in [2.75, 3.05) is 0 Å². The Hall–Kier alpha value is -1.63. The minimum Gasteiger partial charge on any atom is -0.369 e. The number of carbonyl (C=O) groups excluding carboxylic acids is 1. The van der Waals surface area contributed by atoms with Crippen LogP contribution in [0.5, 0.6) is 0 Å². The molecular weight excluding hydrogens is 283 g/mol. The summed E-state index contributed by atoms with van der Waals surface area (Å²) >= 11 is 0. The van der Waals surface area contributed by atoms with Gasteiger partial charge in [0.05, 0.1) is 17.2 Å². The first kappa shape index (κ1) is 15.8. The fourth-order valence-electron chi connectivity index (χ4n) is 2.78. The van der Waals surface area contributed by atoms with Gasteiger partial charge in [0.15, 0.2) is 0 Å². The summed E-state index contributed by atoms with van der Waals surface area (Å²) in [7, 11) is 0. The number of aromatic nitrogens is 1. The van der Waals surface area contributed by atoms with Crippen LogP contribution in [0.3, 0.4) is 0 Å². The summed E-state index contributed by atoms with van der Waals surface area (Å²) in [6.07, 6.45) is 0.182. The predicted octanol–water partition coefficient (Wildman–Crippen LogP) is 2.23. The van der Waals surface area contributed by atoms with E-state index in [0.717, 1.165) is 25.3 Å². The molecule has 1 fully saturated rings. The van der Waals surface area contributed by atoms with Crippen LogP contribution in [-0.4, -0.2) is 16.9 Å². The molecule has 0 saturated heterocycles. The second-order valence-electron chi connectivity index (χ2n) is 5.28. The SMILES string of the molecule is NC(=O)[C@H]1CCCC[C@@H]1NCc1ncccc1C(F)(F)F. The van der Waals surface area contributed by atoms with Crippen molar-refractivity contribution in [3.63, 3.8) is 0 Å². The lowest BCUT2D eigenvalue weighted by atomic mass is 9.84. The molecule has 0 spiro atoms. The van der Waals surface area contributed by atoms with E-state index in [-0.39, 0.29) is 24.2 Å². The molecule has 3 N–H and O–H groups in total. The van der Waals surface area contributed by atoms with Crippen LogP contribution in [0.1, 0.15) is 36.9 Å². The second-order valence-corrected chi connectivity index (χ2v) is 5.28. The minimum absolute atomic E-state index is 0.0237. The zero-order valence-corrected chi connectivity index (χ0v) is 11.5. The summed E-state index contributed by atoms with van der Waals surface area (Å²) in [6, 6.07) is 2.09. The van der Waals surface area contributed by atoms with Crippen LogP contribution in [0.15, 0.2) is 18.3 Å². The van der Waals surface area contributed by atoms with Crippen molar-refractivity contribution < 1.29 is 18.0 Å². The van der Waals surface area contributed by atoms with Crippen molar-refractivity contribution in [1.29, 1.82) is 0 Å². The predicted molar refractivity (Wildman–Crippen MR) is 71.0 cm³/mol. The molecule has 7 heteroatoms. The Labute approximate surface area is 120 Å². The van der Waals surface area contributed by atoms with Gasteiger partial charge in [-0.2, -0.15) is 13.2 Å². The third kappa shape index (κ3) is 3.93. The molecule has 4 nitrogen and oxygen atoms in total. The maximum Gasteiger partial charge on any atom is 0.418 e. The number of hydrogen-bond acceptors (Lipinski definition) is 3. The van der Waals surface area contributed by atoms with Crippen LogP contribution in [0.4, 0.5) is 13.2 Å². The number of nitrogens with zero attached hydrogens (tertiary/aromatic N) is 1. The minimum atomic E-state index is -4.43. The van der Waals surface area contributed by atoms with Gasteiger partial charge in [0.2, 0.25) is 5.91 Å². The van der Waals surface area contributed by atoms with E-state index >= 15 is 0 Å². The number of hydrogen-bond donors (Lipinski definition) is 2. The average molecular weight is 301 g/mol. The van der Waals surface area contributed by atoms with Gasteiger partial charge in [-0.05, 0) is 25.0 Å². The molecular formula is C14H18F3N3O. The molecule has 1 aromatic rings. The quantitative estimate of drug-likeness (QED) is 0.896. The van der Waals surface area contributed by atoms with Crippen molar-refractivity contribution in [3.8, 4) is 0 Å². The van der Waals surface area contributed by atoms with Gasteiger partial charge in [-0.15, -0.1) is 0 Å². The molecule has 1 amide bonds. The third-order valence-corrected chi connectivity index (χ3v) is 3.86. The summed E-state index contributed by atoms with van der Waals surface area (Å²) in [5, 5.41) is 3.02. The lowest BCUT2D eigenvalue weighted by Crippen LogP contribution is -2.44. The standard InChI is InChI=1S/C14H18F3N3O/c15-14(16,17)10-5-3-7-19-12(10)8-20-11-6-2-1-4-9(11)13(18)21/h3,5,7,9,11,20H,1-2,4,6,8H2,(H2,18,21)/t9-,11-/m0/s1. The maximum absolute atomic E-state index is 12.9. The van der Waals surface area contributed by atoms with Gasteiger partial charge in [0.25, 0.3) is 0 Å². The maximum atomic E-state index is 12.9. The molecule has 1 aliphatic rings. The number of halogens is 3. The number of carbonyl (C=O) groups is 1. The molecule has 0 aliphatic heterocycles. The molecule has 0 radical (unpaired) electrons. The highest BCUT2D eigenvalue weighted by Crippen LogP contribution is 2.31. The van der Waals surface area contributed by atoms with Crippen molar-refractivity contribution in [2.24, 2.45) is 11.7 Å². The monoisotopic (exact) mass is 301 g/mol. The van der Waals surface area contributed by atoms with Crippen molar-refractivity contribution >= 4 is 5.91 Å². The molecule has 1 heterocycles. The molecule has 116 valence electrons. The van der Waals surface area contributed by atoms with Gasteiger partial charge in [-0.3, -0.25) is 9.78 Å². The molecule has 1 aromatic heterocycles. The molecule has 0 aromatic carbocycles. The number of primary amides is 1. The van der Waals surface area contributed by atoms with E-state index in [2.05, 4.69) is 10.3 Å². The van der Waals surface area contributed by atoms with E-state index in [0.29, 0.717) is 6.42 Å². The first-order valence-corrected chi connectivity index (χ1v) is 6.93. The first-order chi connectivity index (χ1) is 9.89. The molecule has 1 saturated carbocycles. The average Bonchev–Trinajstić information content (AvgIpc) is 2.44. The Bertz CT molecular complexity index is 504. The van der Waals surface area contributed by atoms with E-state index in [1.807, 2.05) is 0 Å². The summed E-state index contributed by atoms with van der Waals surface area (Å²) in [5.41, 5.74) is 4.55. The summed E-state index contributed by atoms with van der Waals surface area (Å²) in [6.45, 7) is -0.0237.